The van der Waals surface area contributed by atoms with Gasteiger partial charge >= 0.3 is 0 Å². The second-order valence-electron chi connectivity index (χ2n) is 10.1. The van der Waals surface area contributed by atoms with Crippen LogP contribution in [0.5, 0.6) is 0 Å². The zero-order chi connectivity index (χ0) is 25.2. The van der Waals surface area contributed by atoms with E-state index in [4.69, 9.17) is 9.15 Å². The van der Waals surface area contributed by atoms with Gasteiger partial charge in [-0.2, -0.15) is 0 Å². The molecule has 2 fully saturated rings. The van der Waals surface area contributed by atoms with Gasteiger partial charge in [-0.3, -0.25) is 14.7 Å². The van der Waals surface area contributed by atoms with Crippen molar-refractivity contribution in [3.8, 4) is 22.5 Å². The molecule has 2 aromatic heterocycles. The molecule has 0 bridgehead atoms. The Bertz CT molecular complexity index is 1290. The number of rotatable bonds is 5. The zero-order valence-corrected chi connectivity index (χ0v) is 20.9. The zero-order valence-electron chi connectivity index (χ0n) is 20.9. The monoisotopic (exact) mass is 500 g/mol. The van der Waals surface area contributed by atoms with Crippen LogP contribution < -0.4 is 0 Å². The number of aromatic nitrogens is 1. The number of nitrogens with zero attached hydrogens (tertiary/aromatic N) is 4. The molecule has 0 saturated carbocycles. The number of ether oxygens (including phenoxy) is 1. The summed E-state index contributed by atoms with van der Waals surface area (Å²) in [7, 11) is 0. The van der Waals surface area contributed by atoms with Gasteiger partial charge in [0, 0.05) is 61.2 Å². The predicted molar refractivity (Wildman–Crippen MR) is 140 cm³/mol. The van der Waals surface area contributed by atoms with Gasteiger partial charge in [-0.25, -0.2) is 0 Å². The molecule has 1 aromatic carbocycles. The molecule has 37 heavy (non-hydrogen) atoms. The van der Waals surface area contributed by atoms with Gasteiger partial charge in [0.05, 0.1) is 25.5 Å². The third kappa shape index (κ3) is 4.91. The minimum atomic E-state index is 0.210. The van der Waals surface area contributed by atoms with Crippen LogP contribution in [0.3, 0.4) is 0 Å². The number of carbonyl (C=O) groups excluding carboxylic acids is 1. The van der Waals surface area contributed by atoms with Crippen molar-refractivity contribution >= 4 is 11.6 Å². The summed E-state index contributed by atoms with van der Waals surface area (Å²) in [5, 5.41) is 12.8. The van der Waals surface area contributed by atoms with Crippen LogP contribution in [-0.2, 0) is 16.0 Å². The molecule has 8 nitrogen and oxygen atoms in total. The van der Waals surface area contributed by atoms with Crippen LogP contribution >= 0.6 is 0 Å². The Labute approximate surface area is 216 Å². The largest absolute Gasteiger partial charge is 0.460 e. The van der Waals surface area contributed by atoms with Crippen molar-refractivity contribution in [2.45, 2.75) is 31.6 Å². The van der Waals surface area contributed by atoms with E-state index < -0.39 is 0 Å². The second kappa shape index (κ2) is 10.5. The summed E-state index contributed by atoms with van der Waals surface area (Å²) in [5.74, 6) is 2.30. The van der Waals surface area contributed by atoms with Crippen molar-refractivity contribution in [1.82, 2.24) is 14.8 Å². The molecule has 3 aromatic rings. The average Bonchev–Trinajstić information content (AvgIpc) is 3.58. The van der Waals surface area contributed by atoms with E-state index in [2.05, 4.69) is 33.2 Å². The van der Waals surface area contributed by atoms with Crippen molar-refractivity contribution in [3.05, 3.63) is 65.7 Å². The van der Waals surface area contributed by atoms with Gasteiger partial charge in [0.2, 0.25) is 5.91 Å². The molecule has 3 aliphatic rings. The van der Waals surface area contributed by atoms with E-state index in [1.807, 2.05) is 23.1 Å². The first-order chi connectivity index (χ1) is 18.2. The predicted octanol–water partition coefficient (Wildman–Crippen LogP) is 4.17. The first kappa shape index (κ1) is 23.9. The molecule has 2 aliphatic heterocycles. The van der Waals surface area contributed by atoms with Crippen LogP contribution in [0, 0.1) is 0 Å². The normalized spacial score (nSPS) is 19.9. The third-order valence-electron chi connectivity index (χ3n) is 7.89. The Morgan fingerprint density at radius 2 is 1.76 bits per heavy atom. The third-order valence-corrected chi connectivity index (χ3v) is 7.89. The second-order valence-corrected chi connectivity index (χ2v) is 10.1. The quantitative estimate of drug-likeness (QED) is 0.418. The Morgan fingerprint density at radius 3 is 2.51 bits per heavy atom. The van der Waals surface area contributed by atoms with Gasteiger partial charge in [-0.15, -0.1) is 0 Å². The molecule has 8 heteroatoms. The molecule has 0 atom stereocenters. The van der Waals surface area contributed by atoms with Crippen LogP contribution in [0.15, 0.2) is 58.4 Å². The van der Waals surface area contributed by atoms with E-state index in [0.717, 1.165) is 91.3 Å². The fourth-order valence-electron chi connectivity index (χ4n) is 5.75. The maximum absolute atomic E-state index is 12.9. The summed E-state index contributed by atoms with van der Waals surface area (Å²) >= 11 is 0. The number of aryl methyl sites for hydroxylation is 1. The number of fused-ring (bicyclic) bond motifs is 1. The van der Waals surface area contributed by atoms with Crippen LogP contribution in [0.25, 0.3) is 22.5 Å². The molecule has 1 amide bonds. The molecule has 0 unspecified atom stereocenters. The number of hydrogen-bond acceptors (Lipinski definition) is 7. The van der Waals surface area contributed by atoms with Gasteiger partial charge < -0.3 is 19.3 Å². The highest BCUT2D eigenvalue weighted by atomic mass is 16.5. The van der Waals surface area contributed by atoms with E-state index in [1.165, 1.54) is 5.56 Å². The number of likely N-dealkylation sites (tertiary alicyclic amines) is 1. The SMILES string of the molecule is O=C(CN1CCOCC1)N1CCC(c2cc(-c3ccncc3)c(-c3ccc4c(c3)CCC4=NO)o2)CC1. The van der Waals surface area contributed by atoms with Gasteiger partial charge in [-0.1, -0.05) is 17.3 Å². The maximum Gasteiger partial charge on any atom is 0.236 e. The maximum atomic E-state index is 12.9. The minimum Gasteiger partial charge on any atom is -0.460 e. The Balaban J connectivity index is 1.22. The summed E-state index contributed by atoms with van der Waals surface area (Å²) in [5.41, 5.74) is 6.07. The molecule has 4 heterocycles. The summed E-state index contributed by atoms with van der Waals surface area (Å²) in [6.45, 7) is 5.03. The standard InChI is InChI=1S/C29H32N4O4/c34-28(19-32-13-15-36-16-14-32)33-11-7-21(8-12-33)27-18-25(20-5-9-30-10-6-20)29(37-27)23-1-3-24-22(17-23)2-4-26(24)31-35/h1,3,5-6,9-10,17-18,21,35H,2,4,7-8,11-16,19H2. The lowest BCUT2D eigenvalue weighted by molar-refractivity contribution is -0.134. The Hall–Kier alpha value is -3.49. The summed E-state index contributed by atoms with van der Waals surface area (Å²) in [6.07, 6.45) is 6.99. The molecular formula is C29H32N4O4. The van der Waals surface area contributed by atoms with E-state index in [0.29, 0.717) is 19.8 Å². The lowest BCUT2D eigenvalue weighted by atomic mass is 9.93. The number of morpholine rings is 1. The number of pyridine rings is 1. The number of amides is 1. The molecular weight excluding hydrogens is 468 g/mol. The van der Waals surface area contributed by atoms with Crippen LogP contribution in [0.1, 0.15) is 42.1 Å². The summed E-state index contributed by atoms with van der Waals surface area (Å²) in [6, 6.07) is 12.4. The highest BCUT2D eigenvalue weighted by molar-refractivity contribution is 6.04. The molecule has 2 saturated heterocycles. The number of furan rings is 1. The topological polar surface area (TPSA) is 91.4 Å². The number of carbonyl (C=O) groups is 1. The highest BCUT2D eigenvalue weighted by Crippen LogP contribution is 2.41. The van der Waals surface area contributed by atoms with Gasteiger partial charge in [0.25, 0.3) is 0 Å². The van der Waals surface area contributed by atoms with E-state index in [-0.39, 0.29) is 11.8 Å². The Kier molecular flexibility index (Phi) is 6.76. The number of piperidine rings is 1. The van der Waals surface area contributed by atoms with Crippen molar-refractivity contribution in [2.75, 3.05) is 45.9 Å². The van der Waals surface area contributed by atoms with E-state index in [1.54, 1.807) is 12.4 Å². The van der Waals surface area contributed by atoms with Crippen LogP contribution in [0.4, 0.5) is 0 Å². The van der Waals surface area contributed by atoms with E-state index in [9.17, 15) is 10.0 Å². The van der Waals surface area contributed by atoms with Crippen LogP contribution in [0.2, 0.25) is 0 Å². The van der Waals surface area contributed by atoms with E-state index >= 15 is 0 Å². The van der Waals surface area contributed by atoms with Gasteiger partial charge in [0.1, 0.15) is 11.5 Å². The van der Waals surface area contributed by atoms with Crippen molar-refractivity contribution < 1.29 is 19.2 Å². The van der Waals surface area contributed by atoms with Gasteiger partial charge in [0.15, 0.2) is 0 Å². The van der Waals surface area contributed by atoms with Crippen molar-refractivity contribution in [3.63, 3.8) is 0 Å². The van der Waals surface area contributed by atoms with Crippen molar-refractivity contribution in [1.29, 1.82) is 0 Å². The number of hydrogen-bond donors (Lipinski definition) is 1. The average molecular weight is 501 g/mol. The van der Waals surface area contributed by atoms with Crippen LogP contribution in [-0.4, -0.2) is 77.5 Å². The Morgan fingerprint density at radius 1 is 0.973 bits per heavy atom. The lowest BCUT2D eigenvalue weighted by Gasteiger charge is -2.33. The molecule has 0 radical (unpaired) electrons. The minimum absolute atomic E-state index is 0.210. The first-order valence-electron chi connectivity index (χ1n) is 13.2. The summed E-state index contributed by atoms with van der Waals surface area (Å²) < 4.78 is 12.0. The molecule has 6 rings (SSSR count). The smallest absolute Gasteiger partial charge is 0.236 e. The first-order valence-corrected chi connectivity index (χ1v) is 13.2. The summed E-state index contributed by atoms with van der Waals surface area (Å²) in [4.78, 5) is 21.2. The van der Waals surface area contributed by atoms with Gasteiger partial charge in [-0.05, 0) is 61.1 Å². The van der Waals surface area contributed by atoms with Crippen molar-refractivity contribution in [2.24, 2.45) is 5.16 Å². The fourth-order valence-corrected chi connectivity index (χ4v) is 5.75. The number of benzene rings is 1. The fraction of sp³-hybridized carbons (Fsp3) is 0.414. The molecule has 0 spiro atoms. The number of oxime groups is 1. The highest BCUT2D eigenvalue weighted by Gasteiger charge is 2.29. The molecule has 1 aliphatic carbocycles. The molecule has 1 N–H and O–H groups in total. The lowest BCUT2D eigenvalue weighted by Crippen LogP contribution is -2.46. The molecule has 192 valence electrons.